The minimum Gasteiger partial charge on any atom is -0.496 e. The van der Waals surface area contributed by atoms with E-state index in [1.54, 1.807) is 18.1 Å². The molecule has 0 radical (unpaired) electrons. The first-order valence-electron chi connectivity index (χ1n) is 8.46. The molecule has 6 heteroatoms. The lowest BCUT2D eigenvalue weighted by atomic mass is 9.97. The van der Waals surface area contributed by atoms with Gasteiger partial charge in [-0.3, -0.25) is 0 Å². The summed E-state index contributed by atoms with van der Waals surface area (Å²) in [5.74, 6) is -0.320. The SMILES string of the molecule is COc1cc(/C=C/C(=O)O)ccc1C1=CCN(C(=O)OC(C)(C)C)CC1. The predicted molar refractivity (Wildman–Crippen MR) is 100 cm³/mol. The summed E-state index contributed by atoms with van der Waals surface area (Å²) in [6.07, 6.45) is 4.99. The average Bonchev–Trinajstić information content (AvgIpc) is 2.58. The highest BCUT2D eigenvalue weighted by atomic mass is 16.6. The molecule has 0 bridgehead atoms. The van der Waals surface area contributed by atoms with Crippen molar-refractivity contribution in [2.45, 2.75) is 32.8 Å². The molecular weight excluding hydrogens is 334 g/mol. The number of carboxylic acid groups (broad SMARTS) is 1. The van der Waals surface area contributed by atoms with Crippen LogP contribution in [0.3, 0.4) is 0 Å². The molecule has 2 rings (SSSR count). The standard InChI is InChI=1S/C20H25NO5/c1-20(2,3)26-19(24)21-11-9-15(10-12-21)16-7-5-14(6-8-18(22)23)13-17(16)25-4/h5-9,13H,10-12H2,1-4H3,(H,22,23)/b8-6+. The summed E-state index contributed by atoms with van der Waals surface area (Å²) in [6.45, 7) is 6.60. The van der Waals surface area contributed by atoms with E-state index in [9.17, 15) is 9.59 Å². The van der Waals surface area contributed by atoms with Gasteiger partial charge in [0.2, 0.25) is 0 Å². The van der Waals surface area contributed by atoms with Crippen molar-refractivity contribution in [3.05, 3.63) is 41.5 Å². The molecule has 1 aliphatic rings. The van der Waals surface area contributed by atoms with Crippen molar-refractivity contribution in [3.8, 4) is 5.75 Å². The van der Waals surface area contributed by atoms with Crippen LogP contribution in [-0.4, -0.2) is 47.9 Å². The maximum absolute atomic E-state index is 12.1. The molecular formula is C20H25NO5. The molecule has 0 aliphatic carbocycles. The first-order chi connectivity index (χ1) is 12.2. The molecule has 1 N–H and O–H groups in total. The Kier molecular flexibility index (Phi) is 6.08. The number of benzene rings is 1. The zero-order valence-corrected chi connectivity index (χ0v) is 15.6. The largest absolute Gasteiger partial charge is 0.496 e. The Balaban J connectivity index is 2.14. The molecule has 0 spiro atoms. The third-order valence-corrected chi connectivity index (χ3v) is 3.85. The smallest absolute Gasteiger partial charge is 0.410 e. The maximum atomic E-state index is 12.1. The molecule has 1 aromatic carbocycles. The van der Waals surface area contributed by atoms with Gasteiger partial charge in [-0.15, -0.1) is 0 Å². The van der Waals surface area contributed by atoms with E-state index in [1.165, 1.54) is 6.08 Å². The second-order valence-electron chi connectivity index (χ2n) is 7.04. The normalized spacial score (nSPS) is 14.9. The number of methoxy groups -OCH3 is 1. The molecule has 0 fully saturated rings. The lowest BCUT2D eigenvalue weighted by molar-refractivity contribution is -0.131. The summed E-state index contributed by atoms with van der Waals surface area (Å²) in [5.41, 5.74) is 2.28. The van der Waals surface area contributed by atoms with Crippen LogP contribution in [0.2, 0.25) is 0 Å². The van der Waals surface area contributed by atoms with Crippen molar-refractivity contribution in [1.82, 2.24) is 4.90 Å². The summed E-state index contributed by atoms with van der Waals surface area (Å²) in [6, 6.07) is 5.56. The van der Waals surface area contributed by atoms with Crippen LogP contribution in [0.4, 0.5) is 4.79 Å². The van der Waals surface area contributed by atoms with Gasteiger partial charge in [-0.2, -0.15) is 0 Å². The van der Waals surface area contributed by atoms with E-state index in [4.69, 9.17) is 14.6 Å². The number of carbonyl (C=O) groups is 2. The van der Waals surface area contributed by atoms with Crippen LogP contribution in [0.5, 0.6) is 5.75 Å². The molecule has 0 aromatic heterocycles. The lowest BCUT2D eigenvalue weighted by Gasteiger charge is -2.30. The van der Waals surface area contributed by atoms with Gasteiger partial charge >= 0.3 is 12.1 Å². The summed E-state index contributed by atoms with van der Waals surface area (Å²) < 4.78 is 10.9. The third-order valence-electron chi connectivity index (χ3n) is 3.85. The number of amides is 1. The van der Waals surface area contributed by atoms with Gasteiger partial charge in [0.1, 0.15) is 11.4 Å². The summed E-state index contributed by atoms with van der Waals surface area (Å²) in [7, 11) is 1.58. The van der Waals surface area contributed by atoms with Crippen molar-refractivity contribution in [1.29, 1.82) is 0 Å². The molecule has 0 saturated heterocycles. The molecule has 0 unspecified atom stereocenters. The van der Waals surface area contributed by atoms with Crippen LogP contribution in [0, 0.1) is 0 Å². The summed E-state index contributed by atoms with van der Waals surface area (Å²) >= 11 is 0. The van der Waals surface area contributed by atoms with Crippen molar-refractivity contribution in [2.75, 3.05) is 20.2 Å². The van der Waals surface area contributed by atoms with Crippen LogP contribution in [-0.2, 0) is 9.53 Å². The fourth-order valence-corrected chi connectivity index (χ4v) is 2.65. The molecule has 6 nitrogen and oxygen atoms in total. The first kappa shape index (κ1) is 19.6. The van der Waals surface area contributed by atoms with Crippen LogP contribution < -0.4 is 4.74 Å². The topological polar surface area (TPSA) is 76.1 Å². The molecule has 1 aromatic rings. The van der Waals surface area contributed by atoms with E-state index in [-0.39, 0.29) is 6.09 Å². The average molecular weight is 359 g/mol. The third kappa shape index (κ3) is 5.37. The fraction of sp³-hybridized carbons (Fsp3) is 0.400. The van der Waals surface area contributed by atoms with Gasteiger partial charge in [0.15, 0.2) is 0 Å². The van der Waals surface area contributed by atoms with Crippen LogP contribution >= 0.6 is 0 Å². The Morgan fingerprint density at radius 3 is 2.54 bits per heavy atom. The number of hydrogen-bond donors (Lipinski definition) is 1. The zero-order chi connectivity index (χ0) is 19.3. The van der Waals surface area contributed by atoms with Gasteiger partial charge in [-0.05, 0) is 50.5 Å². The second kappa shape index (κ2) is 8.08. The zero-order valence-electron chi connectivity index (χ0n) is 15.6. The Morgan fingerprint density at radius 1 is 1.27 bits per heavy atom. The summed E-state index contributed by atoms with van der Waals surface area (Å²) in [5, 5.41) is 8.73. The minimum atomic E-state index is -0.995. The number of carbonyl (C=O) groups excluding carboxylic acids is 1. The fourth-order valence-electron chi connectivity index (χ4n) is 2.65. The van der Waals surface area contributed by atoms with E-state index >= 15 is 0 Å². The van der Waals surface area contributed by atoms with E-state index < -0.39 is 11.6 Å². The molecule has 0 atom stereocenters. The molecule has 140 valence electrons. The number of carboxylic acids is 1. The Labute approximate surface area is 153 Å². The monoisotopic (exact) mass is 359 g/mol. The quantitative estimate of drug-likeness (QED) is 0.827. The van der Waals surface area contributed by atoms with E-state index in [0.29, 0.717) is 25.3 Å². The predicted octanol–water partition coefficient (Wildman–Crippen LogP) is 3.82. The van der Waals surface area contributed by atoms with E-state index in [2.05, 4.69) is 0 Å². The first-order valence-corrected chi connectivity index (χ1v) is 8.46. The van der Waals surface area contributed by atoms with Crippen LogP contribution in [0.25, 0.3) is 11.6 Å². The number of ether oxygens (including phenoxy) is 2. The van der Waals surface area contributed by atoms with Gasteiger partial charge in [0.25, 0.3) is 0 Å². The maximum Gasteiger partial charge on any atom is 0.410 e. The number of nitrogens with zero attached hydrogens (tertiary/aromatic N) is 1. The highest BCUT2D eigenvalue weighted by Gasteiger charge is 2.24. The van der Waals surface area contributed by atoms with Crippen molar-refractivity contribution < 1.29 is 24.2 Å². The Bertz CT molecular complexity index is 743. The van der Waals surface area contributed by atoms with Gasteiger partial charge in [0.05, 0.1) is 7.11 Å². The van der Waals surface area contributed by atoms with Gasteiger partial charge < -0.3 is 19.5 Å². The van der Waals surface area contributed by atoms with Gasteiger partial charge in [0, 0.05) is 24.7 Å². The molecule has 1 heterocycles. The molecule has 0 saturated carbocycles. The second-order valence-corrected chi connectivity index (χ2v) is 7.04. The van der Waals surface area contributed by atoms with Crippen LogP contribution in [0.15, 0.2) is 30.4 Å². The van der Waals surface area contributed by atoms with Gasteiger partial charge in [-0.1, -0.05) is 18.2 Å². The van der Waals surface area contributed by atoms with Crippen molar-refractivity contribution >= 4 is 23.7 Å². The number of hydrogen-bond acceptors (Lipinski definition) is 4. The van der Waals surface area contributed by atoms with Crippen molar-refractivity contribution in [3.63, 3.8) is 0 Å². The van der Waals surface area contributed by atoms with Crippen LogP contribution in [0.1, 0.15) is 38.3 Å². The summed E-state index contributed by atoms with van der Waals surface area (Å²) in [4.78, 5) is 24.5. The molecule has 1 amide bonds. The number of rotatable bonds is 4. The molecule has 26 heavy (non-hydrogen) atoms. The number of aliphatic carboxylic acids is 1. The Morgan fingerprint density at radius 2 is 2.00 bits per heavy atom. The van der Waals surface area contributed by atoms with E-state index in [0.717, 1.165) is 22.8 Å². The van der Waals surface area contributed by atoms with Gasteiger partial charge in [-0.25, -0.2) is 9.59 Å². The Hall–Kier alpha value is -2.76. The molecule has 1 aliphatic heterocycles. The highest BCUT2D eigenvalue weighted by molar-refractivity contribution is 5.85. The highest BCUT2D eigenvalue weighted by Crippen LogP contribution is 2.31. The van der Waals surface area contributed by atoms with Crippen molar-refractivity contribution in [2.24, 2.45) is 0 Å². The minimum absolute atomic E-state index is 0.311. The lowest BCUT2D eigenvalue weighted by Crippen LogP contribution is -2.39. The van der Waals surface area contributed by atoms with E-state index in [1.807, 2.05) is 39.0 Å².